The quantitative estimate of drug-likeness (QED) is 0.616. The molecule has 1 amide bonds. The normalized spacial score (nSPS) is 10.8. The molecule has 0 spiro atoms. The van der Waals surface area contributed by atoms with Crippen LogP contribution in [-0.2, 0) is 9.59 Å². The molecule has 0 heterocycles. The molecule has 0 bridgehead atoms. The summed E-state index contributed by atoms with van der Waals surface area (Å²) >= 11 is 0. The third-order valence-electron chi connectivity index (χ3n) is 2.20. The van der Waals surface area contributed by atoms with Crippen LogP contribution in [0.1, 0.15) is 19.4 Å². The summed E-state index contributed by atoms with van der Waals surface area (Å²) in [7, 11) is 0. The second-order valence-corrected chi connectivity index (χ2v) is 4.36. The number of ether oxygens (including phenoxy) is 1. The standard InChI is InChI=1S/C15H17NO4/c1-10(2)9-20-13-6-4-5-12(7-13)8-14(15(18)19)16-11(3)17/h4-8H,1,9H2,2-3H3,(H,16,17)(H,18,19)/b14-8+. The fourth-order valence-corrected chi connectivity index (χ4v) is 1.41. The number of carbonyl (C=O) groups excluding carboxylic acids is 1. The molecule has 0 aromatic heterocycles. The lowest BCUT2D eigenvalue weighted by Crippen LogP contribution is -2.24. The largest absolute Gasteiger partial charge is 0.489 e. The van der Waals surface area contributed by atoms with Crippen LogP contribution in [-0.4, -0.2) is 23.6 Å². The highest BCUT2D eigenvalue weighted by molar-refractivity contribution is 5.96. The number of amides is 1. The van der Waals surface area contributed by atoms with Crippen molar-refractivity contribution >= 4 is 18.0 Å². The van der Waals surface area contributed by atoms with Gasteiger partial charge in [-0.25, -0.2) is 4.79 Å². The van der Waals surface area contributed by atoms with Crippen molar-refractivity contribution in [2.24, 2.45) is 0 Å². The Morgan fingerprint density at radius 2 is 2.10 bits per heavy atom. The Bertz CT molecular complexity index is 561. The lowest BCUT2D eigenvalue weighted by Gasteiger charge is -2.07. The van der Waals surface area contributed by atoms with Crippen molar-refractivity contribution in [3.05, 3.63) is 47.7 Å². The van der Waals surface area contributed by atoms with Crippen molar-refractivity contribution < 1.29 is 19.4 Å². The number of aliphatic carboxylic acids is 1. The average molecular weight is 275 g/mol. The van der Waals surface area contributed by atoms with E-state index in [0.29, 0.717) is 17.9 Å². The van der Waals surface area contributed by atoms with Crippen molar-refractivity contribution in [2.45, 2.75) is 13.8 Å². The summed E-state index contributed by atoms with van der Waals surface area (Å²) in [6.45, 7) is 7.23. The van der Waals surface area contributed by atoms with Crippen molar-refractivity contribution in [3.8, 4) is 5.75 Å². The first-order chi connectivity index (χ1) is 9.38. The first-order valence-electron chi connectivity index (χ1n) is 5.98. The molecule has 106 valence electrons. The highest BCUT2D eigenvalue weighted by Crippen LogP contribution is 2.16. The molecule has 1 rings (SSSR count). The van der Waals surface area contributed by atoms with Crippen LogP contribution in [0.25, 0.3) is 6.08 Å². The van der Waals surface area contributed by atoms with E-state index in [1.807, 2.05) is 6.92 Å². The van der Waals surface area contributed by atoms with Gasteiger partial charge in [-0.3, -0.25) is 4.79 Å². The van der Waals surface area contributed by atoms with E-state index in [2.05, 4.69) is 11.9 Å². The van der Waals surface area contributed by atoms with Crippen molar-refractivity contribution in [1.82, 2.24) is 5.32 Å². The molecule has 0 aliphatic carbocycles. The van der Waals surface area contributed by atoms with Crippen molar-refractivity contribution in [1.29, 1.82) is 0 Å². The lowest BCUT2D eigenvalue weighted by atomic mass is 10.2. The first kappa shape index (κ1) is 15.5. The minimum absolute atomic E-state index is 0.186. The number of hydrogen-bond donors (Lipinski definition) is 2. The third-order valence-corrected chi connectivity index (χ3v) is 2.20. The maximum Gasteiger partial charge on any atom is 0.352 e. The summed E-state index contributed by atoms with van der Waals surface area (Å²) in [5.74, 6) is -1.03. The second kappa shape index (κ2) is 7.13. The topological polar surface area (TPSA) is 75.6 Å². The van der Waals surface area contributed by atoms with Crippen molar-refractivity contribution in [3.63, 3.8) is 0 Å². The fourth-order valence-electron chi connectivity index (χ4n) is 1.41. The average Bonchev–Trinajstić information content (AvgIpc) is 2.35. The highest BCUT2D eigenvalue weighted by Gasteiger charge is 2.09. The lowest BCUT2D eigenvalue weighted by molar-refractivity contribution is -0.134. The molecule has 1 aromatic carbocycles. The molecule has 2 N–H and O–H groups in total. The maximum absolute atomic E-state index is 11.0. The summed E-state index contributed by atoms with van der Waals surface area (Å²) in [6.07, 6.45) is 1.37. The van der Waals surface area contributed by atoms with Gasteiger partial charge in [0, 0.05) is 6.92 Å². The van der Waals surface area contributed by atoms with Gasteiger partial charge in [-0.15, -0.1) is 0 Å². The zero-order valence-corrected chi connectivity index (χ0v) is 11.5. The molecule has 5 nitrogen and oxygen atoms in total. The summed E-state index contributed by atoms with van der Waals surface area (Å²) in [5, 5.41) is 11.3. The first-order valence-corrected chi connectivity index (χ1v) is 5.98. The molecule has 0 aliphatic rings. The van der Waals surface area contributed by atoms with Gasteiger partial charge in [-0.1, -0.05) is 18.7 Å². The molecule has 0 saturated carbocycles. The van der Waals surface area contributed by atoms with Crippen molar-refractivity contribution in [2.75, 3.05) is 6.61 Å². The molecule has 0 radical (unpaired) electrons. The summed E-state index contributed by atoms with van der Waals surface area (Å²) in [6, 6.07) is 6.91. The number of benzene rings is 1. The van der Waals surface area contributed by atoms with E-state index in [0.717, 1.165) is 5.57 Å². The van der Waals surface area contributed by atoms with Gasteiger partial charge in [-0.05, 0) is 36.3 Å². The molecular formula is C15H17NO4. The molecule has 5 heteroatoms. The summed E-state index contributed by atoms with van der Waals surface area (Å²) in [4.78, 5) is 22.0. The van der Waals surface area contributed by atoms with Crippen LogP contribution in [0.2, 0.25) is 0 Å². The van der Waals surface area contributed by atoms with Gasteiger partial charge in [0.15, 0.2) is 0 Å². The Morgan fingerprint density at radius 1 is 1.40 bits per heavy atom. The van der Waals surface area contributed by atoms with E-state index < -0.39 is 11.9 Å². The zero-order chi connectivity index (χ0) is 15.1. The van der Waals surface area contributed by atoms with Gasteiger partial charge in [0.1, 0.15) is 18.1 Å². The molecule has 0 aliphatic heterocycles. The molecule has 0 atom stereocenters. The molecule has 1 aromatic rings. The van der Waals surface area contributed by atoms with Gasteiger partial charge in [0.2, 0.25) is 5.91 Å². The van der Waals surface area contributed by atoms with Gasteiger partial charge in [0.25, 0.3) is 0 Å². The Kier molecular flexibility index (Phi) is 5.53. The van der Waals surface area contributed by atoms with E-state index >= 15 is 0 Å². The predicted molar refractivity (Wildman–Crippen MR) is 76.2 cm³/mol. The highest BCUT2D eigenvalue weighted by atomic mass is 16.5. The monoisotopic (exact) mass is 275 g/mol. The predicted octanol–water partition coefficient (Wildman–Crippen LogP) is 2.20. The Labute approximate surface area is 117 Å². The van der Waals surface area contributed by atoms with E-state index in [9.17, 15) is 9.59 Å². The number of carbonyl (C=O) groups is 2. The van der Waals surface area contributed by atoms with Crippen LogP contribution < -0.4 is 10.1 Å². The minimum atomic E-state index is -1.20. The van der Waals surface area contributed by atoms with Crippen LogP contribution in [0.5, 0.6) is 5.75 Å². The van der Waals surface area contributed by atoms with E-state index in [1.165, 1.54) is 13.0 Å². The summed E-state index contributed by atoms with van der Waals surface area (Å²) < 4.78 is 5.47. The van der Waals surface area contributed by atoms with Gasteiger partial charge in [-0.2, -0.15) is 0 Å². The Hall–Kier alpha value is -2.56. The number of carboxylic acid groups (broad SMARTS) is 1. The Morgan fingerprint density at radius 3 is 2.65 bits per heavy atom. The summed E-state index contributed by atoms with van der Waals surface area (Å²) in [5.41, 5.74) is 1.32. The van der Waals surface area contributed by atoms with E-state index in [-0.39, 0.29) is 5.70 Å². The third kappa shape index (κ3) is 5.39. The van der Waals surface area contributed by atoms with Crippen LogP contribution in [0.4, 0.5) is 0 Å². The van der Waals surface area contributed by atoms with Gasteiger partial charge in [0.05, 0.1) is 0 Å². The van der Waals surface area contributed by atoms with Gasteiger partial charge >= 0.3 is 5.97 Å². The number of rotatable bonds is 6. The number of carboxylic acids is 1. The smallest absolute Gasteiger partial charge is 0.352 e. The number of hydrogen-bond acceptors (Lipinski definition) is 3. The SMILES string of the molecule is C=C(C)COc1cccc(/C=C(/NC(C)=O)C(=O)O)c1. The van der Waals surface area contributed by atoms with E-state index in [4.69, 9.17) is 9.84 Å². The fraction of sp³-hybridized carbons (Fsp3) is 0.200. The molecule has 0 fully saturated rings. The molecule has 20 heavy (non-hydrogen) atoms. The molecule has 0 saturated heterocycles. The second-order valence-electron chi connectivity index (χ2n) is 4.36. The van der Waals surface area contributed by atoms with Crippen LogP contribution in [0.3, 0.4) is 0 Å². The Balaban J connectivity index is 2.94. The van der Waals surface area contributed by atoms with Gasteiger partial charge < -0.3 is 15.2 Å². The number of nitrogens with one attached hydrogen (secondary N) is 1. The van der Waals surface area contributed by atoms with Crippen LogP contribution in [0.15, 0.2) is 42.1 Å². The molecular weight excluding hydrogens is 258 g/mol. The zero-order valence-electron chi connectivity index (χ0n) is 11.5. The molecule has 0 unspecified atom stereocenters. The van der Waals surface area contributed by atoms with Crippen LogP contribution >= 0.6 is 0 Å². The van der Waals surface area contributed by atoms with Crippen LogP contribution in [0, 0.1) is 0 Å². The van der Waals surface area contributed by atoms with E-state index in [1.54, 1.807) is 24.3 Å². The minimum Gasteiger partial charge on any atom is -0.489 e. The maximum atomic E-state index is 11.0.